The van der Waals surface area contributed by atoms with E-state index in [-0.39, 0.29) is 29.2 Å². The molecular weight excluding hydrogens is 460 g/mol. The molecule has 2 amide bonds. The maximum absolute atomic E-state index is 13.0. The number of nitrogens with one attached hydrogen (secondary N) is 1. The summed E-state index contributed by atoms with van der Waals surface area (Å²) < 4.78 is 17.4. The standard InChI is InChI=1S/C27H32N4O5/c1-16(27(11-12-27)26(29)33)14-30-24(32)22-23(17(2)28)36-25(31-22)19-9-10-20(34-3)21(13-19)35-15-18-7-5-4-6-8-18/h4-10,13,16-17H,11-12,14-15,28H2,1-3H3,(H2,29,33)(H,30,32)/t16-,17-/m0/s1. The maximum atomic E-state index is 13.0. The van der Waals surface area contributed by atoms with Crippen LogP contribution in [0.1, 0.15) is 54.5 Å². The van der Waals surface area contributed by atoms with Crippen molar-refractivity contribution in [2.75, 3.05) is 13.7 Å². The predicted octanol–water partition coefficient (Wildman–Crippen LogP) is 3.58. The Morgan fingerprint density at radius 2 is 1.86 bits per heavy atom. The van der Waals surface area contributed by atoms with Crippen LogP contribution < -0.4 is 26.3 Å². The molecule has 36 heavy (non-hydrogen) atoms. The van der Waals surface area contributed by atoms with E-state index in [1.165, 1.54) is 0 Å². The summed E-state index contributed by atoms with van der Waals surface area (Å²) in [7, 11) is 1.57. The van der Waals surface area contributed by atoms with Gasteiger partial charge in [0.05, 0.1) is 18.6 Å². The van der Waals surface area contributed by atoms with Crippen LogP contribution in [0.25, 0.3) is 11.5 Å². The third kappa shape index (κ3) is 5.21. The van der Waals surface area contributed by atoms with E-state index < -0.39 is 17.4 Å². The van der Waals surface area contributed by atoms with Gasteiger partial charge < -0.3 is 30.7 Å². The summed E-state index contributed by atoms with van der Waals surface area (Å²) in [5.41, 5.74) is 12.8. The first-order chi connectivity index (χ1) is 17.2. The number of nitrogens with zero attached hydrogens (tertiary/aromatic N) is 1. The predicted molar refractivity (Wildman–Crippen MR) is 134 cm³/mol. The number of methoxy groups -OCH3 is 1. The highest BCUT2D eigenvalue weighted by Gasteiger charge is 2.52. The Morgan fingerprint density at radius 3 is 2.47 bits per heavy atom. The van der Waals surface area contributed by atoms with Crippen molar-refractivity contribution in [2.45, 2.75) is 39.3 Å². The molecule has 2 aromatic carbocycles. The number of hydrogen-bond acceptors (Lipinski definition) is 7. The lowest BCUT2D eigenvalue weighted by molar-refractivity contribution is -0.124. The minimum absolute atomic E-state index is 0.0880. The SMILES string of the molecule is COc1ccc(-c2nc(C(=O)NC[C@H](C)C3(C(N)=O)CC3)c([C@H](C)N)o2)cc1OCc1ccccc1. The van der Waals surface area contributed by atoms with Crippen LogP contribution in [-0.2, 0) is 11.4 Å². The number of ether oxygens (including phenoxy) is 2. The zero-order chi connectivity index (χ0) is 25.9. The Hall–Kier alpha value is -3.85. The highest BCUT2D eigenvalue weighted by Crippen LogP contribution is 2.51. The van der Waals surface area contributed by atoms with E-state index in [9.17, 15) is 9.59 Å². The van der Waals surface area contributed by atoms with Gasteiger partial charge in [-0.05, 0) is 49.4 Å². The average Bonchev–Trinajstić information content (AvgIpc) is 3.58. The van der Waals surface area contributed by atoms with Gasteiger partial charge in [0.1, 0.15) is 6.61 Å². The second-order valence-corrected chi connectivity index (χ2v) is 9.29. The molecule has 0 aliphatic heterocycles. The number of amides is 2. The summed E-state index contributed by atoms with van der Waals surface area (Å²) in [6, 6.07) is 14.5. The molecule has 0 spiro atoms. The van der Waals surface area contributed by atoms with Gasteiger partial charge in [0, 0.05) is 12.1 Å². The number of carbonyl (C=O) groups is 2. The molecule has 9 nitrogen and oxygen atoms in total. The number of nitrogens with two attached hydrogens (primary N) is 2. The molecule has 4 rings (SSSR count). The smallest absolute Gasteiger partial charge is 0.273 e. The molecule has 1 saturated carbocycles. The number of rotatable bonds is 11. The van der Waals surface area contributed by atoms with Crippen LogP contribution in [0.15, 0.2) is 52.9 Å². The highest BCUT2D eigenvalue weighted by atomic mass is 16.5. The molecule has 1 aliphatic carbocycles. The van der Waals surface area contributed by atoms with Gasteiger partial charge in [-0.25, -0.2) is 4.98 Å². The summed E-state index contributed by atoms with van der Waals surface area (Å²) in [4.78, 5) is 29.3. The van der Waals surface area contributed by atoms with E-state index in [0.29, 0.717) is 30.2 Å². The van der Waals surface area contributed by atoms with Crippen molar-refractivity contribution in [1.82, 2.24) is 10.3 Å². The Morgan fingerprint density at radius 1 is 1.14 bits per heavy atom. The normalized spacial score (nSPS) is 15.6. The molecule has 0 bridgehead atoms. The van der Waals surface area contributed by atoms with Gasteiger partial charge in [-0.3, -0.25) is 9.59 Å². The lowest BCUT2D eigenvalue weighted by Gasteiger charge is -2.20. The van der Waals surface area contributed by atoms with E-state index >= 15 is 0 Å². The molecule has 0 unspecified atom stereocenters. The number of aromatic nitrogens is 1. The van der Waals surface area contributed by atoms with E-state index in [2.05, 4.69) is 10.3 Å². The first kappa shape index (κ1) is 25.2. The second kappa shape index (κ2) is 10.4. The van der Waals surface area contributed by atoms with Crippen LogP contribution in [0.5, 0.6) is 11.5 Å². The molecule has 1 fully saturated rings. The summed E-state index contributed by atoms with van der Waals surface area (Å²) in [5, 5.41) is 2.86. The highest BCUT2D eigenvalue weighted by molar-refractivity contribution is 5.94. The van der Waals surface area contributed by atoms with Gasteiger partial charge in [-0.2, -0.15) is 0 Å². The van der Waals surface area contributed by atoms with Gasteiger partial charge in [-0.1, -0.05) is 37.3 Å². The summed E-state index contributed by atoms with van der Waals surface area (Å²) in [6.07, 6.45) is 1.48. The topological polar surface area (TPSA) is 143 Å². The zero-order valence-corrected chi connectivity index (χ0v) is 20.7. The fraction of sp³-hybridized carbons (Fsp3) is 0.370. The van der Waals surface area contributed by atoms with Crippen molar-refractivity contribution in [1.29, 1.82) is 0 Å². The fourth-order valence-electron chi connectivity index (χ4n) is 4.23. The minimum atomic E-state index is -0.558. The minimum Gasteiger partial charge on any atom is -0.493 e. The third-order valence-corrected chi connectivity index (χ3v) is 6.72. The first-order valence-electron chi connectivity index (χ1n) is 11.9. The molecule has 1 aromatic heterocycles. The van der Waals surface area contributed by atoms with E-state index in [1.807, 2.05) is 37.3 Å². The summed E-state index contributed by atoms with van der Waals surface area (Å²) in [5.74, 6) is 0.754. The number of benzene rings is 2. The molecule has 3 aromatic rings. The van der Waals surface area contributed by atoms with Gasteiger partial charge in [0.15, 0.2) is 23.0 Å². The molecule has 0 saturated heterocycles. The van der Waals surface area contributed by atoms with Gasteiger partial charge >= 0.3 is 0 Å². The van der Waals surface area contributed by atoms with Crippen LogP contribution in [0.4, 0.5) is 0 Å². The molecule has 9 heteroatoms. The van der Waals surface area contributed by atoms with Crippen molar-refractivity contribution in [2.24, 2.45) is 22.8 Å². The van der Waals surface area contributed by atoms with Crippen molar-refractivity contribution in [3.05, 3.63) is 65.5 Å². The molecule has 5 N–H and O–H groups in total. The third-order valence-electron chi connectivity index (χ3n) is 6.72. The van der Waals surface area contributed by atoms with Gasteiger partial charge in [0.25, 0.3) is 5.91 Å². The molecule has 1 heterocycles. The molecule has 0 radical (unpaired) electrons. The van der Waals surface area contributed by atoms with Crippen LogP contribution in [-0.4, -0.2) is 30.5 Å². The summed E-state index contributed by atoms with van der Waals surface area (Å²) in [6.45, 7) is 4.28. The zero-order valence-electron chi connectivity index (χ0n) is 20.7. The largest absolute Gasteiger partial charge is 0.493 e. The molecule has 190 valence electrons. The Kier molecular flexibility index (Phi) is 7.30. The van der Waals surface area contributed by atoms with Crippen LogP contribution in [0.3, 0.4) is 0 Å². The fourth-order valence-corrected chi connectivity index (χ4v) is 4.23. The monoisotopic (exact) mass is 492 g/mol. The molecule has 1 aliphatic rings. The van der Waals surface area contributed by atoms with Crippen LogP contribution in [0, 0.1) is 11.3 Å². The van der Waals surface area contributed by atoms with Crippen molar-refractivity contribution in [3.8, 4) is 23.0 Å². The van der Waals surface area contributed by atoms with Gasteiger partial charge in [-0.15, -0.1) is 0 Å². The van der Waals surface area contributed by atoms with Crippen molar-refractivity contribution < 1.29 is 23.5 Å². The Bertz CT molecular complexity index is 1230. The first-order valence-corrected chi connectivity index (χ1v) is 11.9. The number of primary amides is 1. The van der Waals surface area contributed by atoms with E-state index in [1.54, 1.807) is 32.2 Å². The number of oxazole rings is 1. The average molecular weight is 493 g/mol. The van der Waals surface area contributed by atoms with Crippen LogP contribution in [0.2, 0.25) is 0 Å². The van der Waals surface area contributed by atoms with Crippen molar-refractivity contribution in [3.63, 3.8) is 0 Å². The quantitative estimate of drug-likeness (QED) is 0.371. The summed E-state index contributed by atoms with van der Waals surface area (Å²) >= 11 is 0. The van der Waals surface area contributed by atoms with Gasteiger partial charge in [0.2, 0.25) is 11.8 Å². The van der Waals surface area contributed by atoms with E-state index in [0.717, 1.165) is 18.4 Å². The van der Waals surface area contributed by atoms with Crippen LogP contribution >= 0.6 is 0 Å². The molecule has 2 atom stereocenters. The lowest BCUT2D eigenvalue weighted by Crippen LogP contribution is -2.38. The second-order valence-electron chi connectivity index (χ2n) is 9.29. The lowest BCUT2D eigenvalue weighted by atomic mass is 9.90. The maximum Gasteiger partial charge on any atom is 0.273 e. The Labute approximate surface area is 210 Å². The van der Waals surface area contributed by atoms with E-state index in [4.69, 9.17) is 25.4 Å². The number of hydrogen-bond donors (Lipinski definition) is 3. The molecular formula is C27H32N4O5. The number of carbonyl (C=O) groups excluding carboxylic acids is 2. The van der Waals surface area contributed by atoms with Crippen molar-refractivity contribution >= 4 is 11.8 Å². The Balaban J connectivity index is 1.54.